The van der Waals surface area contributed by atoms with Gasteiger partial charge >= 0.3 is 0 Å². The lowest BCUT2D eigenvalue weighted by atomic mass is 9.99. The molecule has 3 aromatic carbocycles. The normalized spacial score (nSPS) is 14.6. The van der Waals surface area contributed by atoms with Crippen LogP contribution in [0.25, 0.3) is 0 Å². The van der Waals surface area contributed by atoms with Gasteiger partial charge in [-0.05, 0) is 73.7 Å². The van der Waals surface area contributed by atoms with Crippen LogP contribution in [0.1, 0.15) is 59.3 Å². The van der Waals surface area contributed by atoms with Crippen molar-refractivity contribution >= 4 is 34.1 Å². The molecular weight excluding hydrogens is 584 g/mol. The summed E-state index contributed by atoms with van der Waals surface area (Å²) in [6.45, 7) is 5.16. The Bertz CT molecular complexity index is 1500. The van der Waals surface area contributed by atoms with Crippen molar-refractivity contribution in [2.75, 3.05) is 32.4 Å². The fraction of sp³-hybridized carbons (Fsp3) is 0.364. The van der Waals surface area contributed by atoms with E-state index in [0.29, 0.717) is 17.7 Å². The molecule has 8 nitrogen and oxygen atoms in total. The third-order valence-corrected chi connectivity index (χ3v) is 9.01. The standard InChI is InChI=1S/C33H38N4O4S.ClH/c1-3-37(32(38)23-25-11-15-30(16-12-25)42(2,40)41)29-17-20-36(21-18-29)22-19-31(27-7-5-4-6-8-27)35-33(39)28-13-9-26(24-34)10-14-28;/h4-16,29,31H,3,17-23H2,1-2H3,(H,35,39);1H/t31-;/m0./s1. The molecule has 2 amide bonds. The fourth-order valence-electron chi connectivity index (χ4n) is 5.48. The van der Waals surface area contributed by atoms with Crippen LogP contribution >= 0.6 is 12.4 Å². The second-order valence-electron chi connectivity index (χ2n) is 10.8. The minimum atomic E-state index is -3.27. The van der Waals surface area contributed by atoms with Crippen LogP contribution in [0.5, 0.6) is 0 Å². The third-order valence-electron chi connectivity index (χ3n) is 7.88. The molecule has 10 heteroatoms. The van der Waals surface area contributed by atoms with Gasteiger partial charge in [-0.25, -0.2) is 8.42 Å². The summed E-state index contributed by atoms with van der Waals surface area (Å²) in [6, 6.07) is 25.2. The average molecular weight is 623 g/mol. The highest BCUT2D eigenvalue weighted by Gasteiger charge is 2.27. The Hall–Kier alpha value is -3.71. The predicted molar refractivity (Wildman–Crippen MR) is 170 cm³/mol. The minimum Gasteiger partial charge on any atom is -0.345 e. The number of rotatable bonds is 11. The summed E-state index contributed by atoms with van der Waals surface area (Å²) in [4.78, 5) is 30.8. The van der Waals surface area contributed by atoms with Crippen LogP contribution in [0.3, 0.4) is 0 Å². The summed E-state index contributed by atoms with van der Waals surface area (Å²) in [6.07, 6.45) is 3.92. The lowest BCUT2D eigenvalue weighted by Gasteiger charge is -2.38. The van der Waals surface area contributed by atoms with Gasteiger partial charge in [0.2, 0.25) is 5.91 Å². The Kier molecular flexibility index (Phi) is 12.3. The van der Waals surface area contributed by atoms with Gasteiger partial charge in [0.1, 0.15) is 0 Å². The fourth-order valence-corrected chi connectivity index (χ4v) is 6.11. The molecular formula is C33H39ClN4O4S. The first-order valence-electron chi connectivity index (χ1n) is 14.3. The number of halogens is 1. The van der Waals surface area contributed by atoms with E-state index in [1.807, 2.05) is 42.2 Å². The molecule has 1 fully saturated rings. The van der Waals surface area contributed by atoms with Crippen LogP contribution in [0.4, 0.5) is 0 Å². The van der Waals surface area contributed by atoms with Gasteiger partial charge in [-0.15, -0.1) is 12.4 Å². The molecule has 0 bridgehead atoms. The molecule has 3 aromatic rings. The highest BCUT2D eigenvalue weighted by molar-refractivity contribution is 7.90. The number of piperidine rings is 1. The Morgan fingerprint density at radius 2 is 1.63 bits per heavy atom. The van der Waals surface area contributed by atoms with Gasteiger partial charge in [0.25, 0.3) is 5.91 Å². The third kappa shape index (κ3) is 9.39. The number of nitrogens with zero attached hydrogens (tertiary/aromatic N) is 3. The molecule has 0 aliphatic carbocycles. The van der Waals surface area contributed by atoms with Crippen molar-refractivity contribution in [2.45, 2.75) is 49.6 Å². The molecule has 1 aliphatic heterocycles. The maximum absolute atomic E-state index is 13.2. The Labute approximate surface area is 261 Å². The number of amides is 2. The van der Waals surface area contributed by atoms with E-state index in [1.165, 1.54) is 6.26 Å². The highest BCUT2D eigenvalue weighted by Crippen LogP contribution is 2.22. The zero-order chi connectivity index (χ0) is 30.1. The van der Waals surface area contributed by atoms with Crippen molar-refractivity contribution in [2.24, 2.45) is 0 Å². The van der Waals surface area contributed by atoms with Crippen LogP contribution in [-0.2, 0) is 21.1 Å². The first-order valence-corrected chi connectivity index (χ1v) is 16.2. The number of likely N-dealkylation sites (N-methyl/N-ethyl adjacent to an activating group) is 1. The minimum absolute atomic E-state index is 0. The van der Waals surface area contributed by atoms with Gasteiger partial charge in [0.15, 0.2) is 9.84 Å². The van der Waals surface area contributed by atoms with Gasteiger partial charge in [-0.3, -0.25) is 9.59 Å². The van der Waals surface area contributed by atoms with E-state index in [9.17, 15) is 18.0 Å². The largest absolute Gasteiger partial charge is 0.345 e. The van der Waals surface area contributed by atoms with E-state index >= 15 is 0 Å². The topological polar surface area (TPSA) is 111 Å². The van der Waals surface area contributed by atoms with Crippen molar-refractivity contribution < 1.29 is 18.0 Å². The predicted octanol–water partition coefficient (Wildman–Crippen LogP) is 4.80. The zero-order valence-electron chi connectivity index (χ0n) is 24.6. The summed E-state index contributed by atoms with van der Waals surface area (Å²) in [5.74, 6) is -0.118. The molecule has 0 aromatic heterocycles. The molecule has 0 spiro atoms. The number of benzene rings is 3. The van der Waals surface area contributed by atoms with Crippen LogP contribution in [0, 0.1) is 11.3 Å². The molecule has 43 heavy (non-hydrogen) atoms. The highest BCUT2D eigenvalue weighted by atomic mass is 35.5. The molecule has 0 unspecified atom stereocenters. The van der Waals surface area contributed by atoms with Gasteiger partial charge in [0, 0.05) is 44.0 Å². The number of carbonyl (C=O) groups is 2. The average Bonchev–Trinajstić information content (AvgIpc) is 3.00. The summed E-state index contributed by atoms with van der Waals surface area (Å²) in [5, 5.41) is 12.2. The summed E-state index contributed by atoms with van der Waals surface area (Å²) in [7, 11) is -3.27. The van der Waals surface area contributed by atoms with Crippen LogP contribution in [-0.4, -0.2) is 68.5 Å². The maximum Gasteiger partial charge on any atom is 0.251 e. The first-order chi connectivity index (χ1) is 20.2. The number of nitrogens with one attached hydrogen (secondary N) is 1. The Morgan fingerprint density at radius 1 is 1.00 bits per heavy atom. The molecule has 0 radical (unpaired) electrons. The summed E-state index contributed by atoms with van der Waals surface area (Å²) < 4.78 is 23.5. The van der Waals surface area contributed by atoms with Crippen LogP contribution in [0.2, 0.25) is 0 Å². The maximum atomic E-state index is 13.2. The Morgan fingerprint density at radius 3 is 2.19 bits per heavy atom. The lowest BCUT2D eigenvalue weighted by molar-refractivity contribution is -0.133. The SMILES string of the molecule is CCN(C(=O)Cc1ccc(S(C)(=O)=O)cc1)C1CCN(CC[C@H](NC(=O)c2ccc(C#N)cc2)c2ccccc2)CC1.Cl. The molecule has 0 saturated carbocycles. The van der Waals surface area contributed by atoms with Crippen molar-refractivity contribution in [1.29, 1.82) is 5.26 Å². The smallest absolute Gasteiger partial charge is 0.251 e. The van der Waals surface area contributed by atoms with Crippen molar-refractivity contribution in [3.8, 4) is 6.07 Å². The van der Waals surface area contributed by atoms with Crippen molar-refractivity contribution in [1.82, 2.24) is 15.1 Å². The van der Waals surface area contributed by atoms with E-state index in [1.54, 1.807) is 48.5 Å². The molecule has 1 aliphatic rings. The first kappa shape index (κ1) is 33.8. The molecule has 1 saturated heterocycles. The van der Waals surface area contributed by atoms with Crippen LogP contribution < -0.4 is 5.32 Å². The van der Waals surface area contributed by atoms with E-state index in [4.69, 9.17) is 5.26 Å². The summed E-state index contributed by atoms with van der Waals surface area (Å²) in [5.41, 5.74) is 2.88. The zero-order valence-corrected chi connectivity index (χ0v) is 26.2. The Balaban J connectivity index is 0.00000506. The summed E-state index contributed by atoms with van der Waals surface area (Å²) >= 11 is 0. The van der Waals surface area contributed by atoms with Crippen molar-refractivity contribution in [3.63, 3.8) is 0 Å². The van der Waals surface area contributed by atoms with E-state index in [2.05, 4.69) is 16.3 Å². The van der Waals surface area contributed by atoms with Gasteiger partial charge in [-0.2, -0.15) is 5.26 Å². The second kappa shape index (κ2) is 15.7. The lowest BCUT2D eigenvalue weighted by Crippen LogP contribution is -2.48. The molecule has 228 valence electrons. The number of hydrogen-bond acceptors (Lipinski definition) is 6. The van der Waals surface area contributed by atoms with Gasteiger partial charge < -0.3 is 15.1 Å². The van der Waals surface area contributed by atoms with Gasteiger partial charge in [-0.1, -0.05) is 42.5 Å². The van der Waals surface area contributed by atoms with E-state index < -0.39 is 9.84 Å². The monoisotopic (exact) mass is 622 g/mol. The van der Waals surface area contributed by atoms with E-state index in [0.717, 1.165) is 50.0 Å². The number of nitriles is 1. The molecule has 1 atom stereocenters. The molecule has 4 rings (SSSR count). The quantitative estimate of drug-likeness (QED) is 0.329. The molecule has 1 N–H and O–H groups in total. The molecule has 1 heterocycles. The number of sulfone groups is 1. The van der Waals surface area contributed by atoms with Gasteiger partial charge in [0.05, 0.1) is 29.0 Å². The van der Waals surface area contributed by atoms with Crippen LogP contribution in [0.15, 0.2) is 83.8 Å². The second-order valence-corrected chi connectivity index (χ2v) is 12.8. The van der Waals surface area contributed by atoms with Crippen molar-refractivity contribution in [3.05, 3.63) is 101 Å². The van der Waals surface area contributed by atoms with E-state index in [-0.39, 0.29) is 47.6 Å². The number of carbonyl (C=O) groups excluding carboxylic acids is 2. The number of likely N-dealkylation sites (tertiary alicyclic amines) is 1. The number of hydrogen-bond donors (Lipinski definition) is 1.